The summed E-state index contributed by atoms with van der Waals surface area (Å²) in [5.41, 5.74) is 0. The summed E-state index contributed by atoms with van der Waals surface area (Å²) in [4.78, 5) is 15.8. The fraction of sp³-hybridized carbons (Fsp3) is 0.909. The number of piperazine rings is 1. The van der Waals surface area contributed by atoms with Gasteiger partial charge in [-0.15, -0.1) is 0 Å². The minimum absolute atomic E-state index is 0.0997. The number of hydrogen-bond acceptors (Lipinski definition) is 5. The van der Waals surface area contributed by atoms with E-state index in [1.807, 2.05) is 4.90 Å². The zero-order valence-electron chi connectivity index (χ0n) is 10.7. The van der Waals surface area contributed by atoms with E-state index in [-0.39, 0.29) is 19.1 Å². The van der Waals surface area contributed by atoms with Crippen LogP contribution in [-0.4, -0.2) is 87.0 Å². The van der Waals surface area contributed by atoms with Gasteiger partial charge in [-0.05, 0) is 7.05 Å². The second-order valence-corrected chi connectivity index (χ2v) is 4.42. The third-order valence-electron chi connectivity index (χ3n) is 2.87. The van der Waals surface area contributed by atoms with Gasteiger partial charge in [0.2, 0.25) is 5.91 Å². The molecule has 0 aromatic carbocycles. The molecule has 1 rings (SSSR count). The van der Waals surface area contributed by atoms with E-state index in [4.69, 9.17) is 4.74 Å². The number of carbonyl (C=O) groups is 1. The molecule has 1 unspecified atom stereocenters. The monoisotopic (exact) mass is 245 g/mol. The lowest BCUT2D eigenvalue weighted by Crippen LogP contribution is -2.50. The largest absolute Gasteiger partial charge is 0.389 e. The lowest BCUT2D eigenvalue weighted by atomic mass is 10.3. The van der Waals surface area contributed by atoms with Crippen molar-refractivity contribution < 1.29 is 14.6 Å². The van der Waals surface area contributed by atoms with Gasteiger partial charge in [-0.2, -0.15) is 0 Å². The first-order valence-electron chi connectivity index (χ1n) is 5.97. The van der Waals surface area contributed by atoms with E-state index in [0.29, 0.717) is 6.54 Å². The van der Waals surface area contributed by atoms with Gasteiger partial charge in [-0.25, -0.2) is 0 Å². The molecule has 0 bridgehead atoms. The number of carbonyl (C=O) groups excluding carboxylic acids is 1. The third-order valence-corrected chi connectivity index (χ3v) is 2.87. The Morgan fingerprint density at radius 1 is 1.41 bits per heavy atom. The molecule has 2 N–H and O–H groups in total. The molecule has 1 atom stereocenters. The molecule has 0 spiro atoms. The predicted molar refractivity (Wildman–Crippen MR) is 64.8 cm³/mol. The van der Waals surface area contributed by atoms with Gasteiger partial charge in [0.1, 0.15) is 0 Å². The maximum Gasteiger partial charge on any atom is 0.236 e. The lowest BCUT2D eigenvalue weighted by molar-refractivity contribution is -0.131. The quantitative estimate of drug-likeness (QED) is 0.587. The molecule has 1 heterocycles. The zero-order valence-corrected chi connectivity index (χ0v) is 10.7. The van der Waals surface area contributed by atoms with Crippen LogP contribution in [-0.2, 0) is 9.53 Å². The average Bonchev–Trinajstić information content (AvgIpc) is 2.30. The first-order chi connectivity index (χ1) is 8.13. The van der Waals surface area contributed by atoms with E-state index >= 15 is 0 Å². The summed E-state index contributed by atoms with van der Waals surface area (Å²) < 4.78 is 4.80. The second-order valence-electron chi connectivity index (χ2n) is 4.42. The number of nitrogens with zero attached hydrogens (tertiary/aromatic N) is 2. The van der Waals surface area contributed by atoms with Crippen molar-refractivity contribution in [3.63, 3.8) is 0 Å². The predicted octanol–water partition coefficient (Wildman–Crippen LogP) is -1.64. The Morgan fingerprint density at radius 2 is 2.06 bits per heavy atom. The van der Waals surface area contributed by atoms with Crippen molar-refractivity contribution in [3.8, 4) is 0 Å². The molecule has 100 valence electrons. The van der Waals surface area contributed by atoms with Crippen LogP contribution in [0, 0.1) is 0 Å². The van der Waals surface area contributed by atoms with Gasteiger partial charge < -0.3 is 25.0 Å². The van der Waals surface area contributed by atoms with Crippen LogP contribution in [0.5, 0.6) is 0 Å². The molecule has 0 radical (unpaired) electrons. The molecule has 1 fully saturated rings. The molecule has 0 aliphatic carbocycles. The van der Waals surface area contributed by atoms with Crippen LogP contribution in [0.1, 0.15) is 0 Å². The molecule has 0 aromatic rings. The van der Waals surface area contributed by atoms with Crippen molar-refractivity contribution in [1.82, 2.24) is 15.1 Å². The average molecular weight is 245 g/mol. The number of aliphatic hydroxyl groups excluding tert-OH is 1. The number of nitrogens with one attached hydrogen (secondary N) is 1. The van der Waals surface area contributed by atoms with Crippen LogP contribution in [0.25, 0.3) is 0 Å². The number of ether oxygens (including phenoxy) is 1. The fourth-order valence-corrected chi connectivity index (χ4v) is 1.76. The van der Waals surface area contributed by atoms with E-state index in [2.05, 4.69) is 17.3 Å². The van der Waals surface area contributed by atoms with Crippen LogP contribution in [0.15, 0.2) is 0 Å². The van der Waals surface area contributed by atoms with Gasteiger partial charge in [0.25, 0.3) is 0 Å². The number of methoxy groups -OCH3 is 1. The summed E-state index contributed by atoms with van der Waals surface area (Å²) in [5, 5.41) is 12.3. The normalized spacial score (nSPS) is 19.4. The summed E-state index contributed by atoms with van der Waals surface area (Å²) in [6.45, 7) is 4.39. The van der Waals surface area contributed by atoms with E-state index in [9.17, 15) is 9.90 Å². The molecular formula is C11H23N3O3. The van der Waals surface area contributed by atoms with Crippen molar-refractivity contribution in [2.75, 3.05) is 60.0 Å². The Labute approximate surface area is 103 Å². The Balaban J connectivity index is 2.12. The first kappa shape index (κ1) is 14.4. The minimum atomic E-state index is -0.555. The molecule has 1 saturated heterocycles. The molecule has 6 nitrogen and oxygen atoms in total. The third kappa shape index (κ3) is 5.45. The highest BCUT2D eigenvalue weighted by Gasteiger charge is 2.18. The highest BCUT2D eigenvalue weighted by Crippen LogP contribution is 1.98. The minimum Gasteiger partial charge on any atom is -0.389 e. The number of aliphatic hydroxyl groups is 1. The highest BCUT2D eigenvalue weighted by molar-refractivity contribution is 5.78. The Bertz CT molecular complexity index is 230. The van der Waals surface area contributed by atoms with Gasteiger partial charge in [-0.1, -0.05) is 0 Å². The molecule has 1 aliphatic heterocycles. The van der Waals surface area contributed by atoms with Gasteiger partial charge in [0.15, 0.2) is 0 Å². The number of hydrogen-bond donors (Lipinski definition) is 2. The van der Waals surface area contributed by atoms with Crippen LogP contribution < -0.4 is 5.32 Å². The highest BCUT2D eigenvalue weighted by atomic mass is 16.5. The zero-order chi connectivity index (χ0) is 12.7. The lowest BCUT2D eigenvalue weighted by Gasteiger charge is -2.32. The van der Waals surface area contributed by atoms with Gasteiger partial charge in [0, 0.05) is 39.8 Å². The van der Waals surface area contributed by atoms with Crippen LogP contribution in [0.3, 0.4) is 0 Å². The van der Waals surface area contributed by atoms with Crippen LogP contribution >= 0.6 is 0 Å². The van der Waals surface area contributed by atoms with Crippen molar-refractivity contribution in [2.45, 2.75) is 6.10 Å². The van der Waals surface area contributed by atoms with Gasteiger partial charge >= 0.3 is 0 Å². The van der Waals surface area contributed by atoms with E-state index < -0.39 is 6.10 Å². The van der Waals surface area contributed by atoms with Crippen molar-refractivity contribution in [1.29, 1.82) is 0 Å². The molecule has 1 amide bonds. The SMILES string of the molecule is COCC(O)CNCC(=O)N1CCN(C)CC1. The van der Waals surface area contributed by atoms with Gasteiger partial charge in [0.05, 0.1) is 19.3 Å². The number of amides is 1. The summed E-state index contributed by atoms with van der Waals surface area (Å²) in [7, 11) is 3.60. The summed E-state index contributed by atoms with van der Waals surface area (Å²) >= 11 is 0. The molecule has 17 heavy (non-hydrogen) atoms. The standard InChI is InChI=1S/C11H23N3O3/c1-13-3-5-14(6-4-13)11(16)8-12-7-10(15)9-17-2/h10,12,15H,3-9H2,1-2H3. The Morgan fingerprint density at radius 3 is 2.65 bits per heavy atom. The van der Waals surface area contributed by atoms with Crippen molar-refractivity contribution in [2.24, 2.45) is 0 Å². The Hall–Kier alpha value is -0.690. The topological polar surface area (TPSA) is 65.0 Å². The van der Waals surface area contributed by atoms with E-state index in [1.54, 1.807) is 7.11 Å². The van der Waals surface area contributed by atoms with E-state index in [0.717, 1.165) is 26.2 Å². The molecular weight excluding hydrogens is 222 g/mol. The summed E-state index contributed by atoms with van der Waals surface area (Å²) in [6.07, 6.45) is -0.555. The maximum atomic E-state index is 11.8. The summed E-state index contributed by atoms with van der Waals surface area (Å²) in [5.74, 6) is 0.0997. The van der Waals surface area contributed by atoms with Gasteiger partial charge in [-0.3, -0.25) is 4.79 Å². The second kappa shape index (κ2) is 7.60. The summed E-state index contributed by atoms with van der Waals surface area (Å²) in [6, 6.07) is 0. The Kier molecular flexibility index (Phi) is 6.43. The number of likely N-dealkylation sites (N-methyl/N-ethyl adjacent to an activating group) is 1. The molecule has 6 heteroatoms. The molecule has 0 aromatic heterocycles. The van der Waals surface area contributed by atoms with Crippen molar-refractivity contribution in [3.05, 3.63) is 0 Å². The molecule has 1 aliphatic rings. The van der Waals surface area contributed by atoms with Crippen LogP contribution in [0.4, 0.5) is 0 Å². The number of rotatable bonds is 6. The smallest absolute Gasteiger partial charge is 0.236 e. The van der Waals surface area contributed by atoms with Crippen LogP contribution in [0.2, 0.25) is 0 Å². The first-order valence-corrected chi connectivity index (χ1v) is 5.97. The maximum absolute atomic E-state index is 11.8. The van der Waals surface area contributed by atoms with Crippen molar-refractivity contribution >= 4 is 5.91 Å². The molecule has 0 saturated carbocycles. The fourth-order valence-electron chi connectivity index (χ4n) is 1.76. The van der Waals surface area contributed by atoms with E-state index in [1.165, 1.54) is 0 Å².